The van der Waals surface area contributed by atoms with Crippen LogP contribution >= 0.6 is 0 Å². The van der Waals surface area contributed by atoms with E-state index in [4.69, 9.17) is 0 Å². The predicted octanol–water partition coefficient (Wildman–Crippen LogP) is 1.07. The molecule has 0 aromatic carbocycles. The number of hydrogen-bond acceptors (Lipinski definition) is 3. The fourth-order valence-electron chi connectivity index (χ4n) is 1.88. The Hall–Kier alpha value is -0.820. The number of amides is 1. The smallest absolute Gasteiger partial charge is 0.370 e. The lowest BCUT2D eigenvalue weighted by atomic mass is 9.96. The zero-order valence-electron chi connectivity index (χ0n) is 10.2. The fourth-order valence-corrected chi connectivity index (χ4v) is 1.88. The van der Waals surface area contributed by atoms with Gasteiger partial charge in [-0.1, -0.05) is 0 Å². The van der Waals surface area contributed by atoms with Crippen LogP contribution in [0.2, 0.25) is 0 Å². The summed E-state index contributed by atoms with van der Waals surface area (Å²) < 4.78 is 39.6. The van der Waals surface area contributed by atoms with E-state index in [-0.39, 0.29) is 19.1 Å². The predicted molar refractivity (Wildman–Crippen MR) is 60.1 cm³/mol. The Kier molecular flexibility index (Phi) is 6.42. The number of carbonyl (C=O) groups is 1. The maximum Gasteiger partial charge on any atom is 0.411 e. The molecule has 1 unspecified atom stereocenters. The molecule has 1 saturated heterocycles. The summed E-state index contributed by atoms with van der Waals surface area (Å²) >= 11 is 0. The minimum atomic E-state index is -4.31. The summed E-state index contributed by atoms with van der Waals surface area (Å²) in [6.07, 6.45) is -1.80. The minimum absolute atomic E-state index is 0.117. The Labute approximate surface area is 104 Å². The number of halogens is 3. The number of ether oxygens (including phenoxy) is 1. The van der Waals surface area contributed by atoms with Gasteiger partial charge in [-0.2, -0.15) is 13.2 Å². The van der Waals surface area contributed by atoms with Crippen molar-refractivity contribution in [2.24, 2.45) is 5.92 Å². The standard InChI is InChI=1S/C11H19F3N2O2/c12-11(13,14)8-18-5-4-16-10(17)6-9-2-1-3-15-7-9/h9,15H,1-8H2,(H,16,17). The molecule has 1 fully saturated rings. The quantitative estimate of drug-likeness (QED) is 0.709. The van der Waals surface area contributed by atoms with Crippen LogP contribution in [-0.4, -0.2) is 44.9 Å². The highest BCUT2D eigenvalue weighted by Crippen LogP contribution is 2.14. The molecule has 1 atom stereocenters. The molecule has 4 nitrogen and oxygen atoms in total. The monoisotopic (exact) mass is 268 g/mol. The van der Waals surface area contributed by atoms with Crippen molar-refractivity contribution in [1.82, 2.24) is 10.6 Å². The summed E-state index contributed by atoms with van der Waals surface area (Å²) in [6.45, 7) is 0.556. The van der Waals surface area contributed by atoms with E-state index in [0.717, 1.165) is 25.9 Å². The van der Waals surface area contributed by atoms with Crippen LogP contribution in [-0.2, 0) is 9.53 Å². The highest BCUT2D eigenvalue weighted by molar-refractivity contribution is 5.76. The molecule has 1 heterocycles. The van der Waals surface area contributed by atoms with Gasteiger partial charge in [0.2, 0.25) is 5.91 Å². The van der Waals surface area contributed by atoms with Gasteiger partial charge in [0.05, 0.1) is 6.61 Å². The highest BCUT2D eigenvalue weighted by Gasteiger charge is 2.27. The molecule has 0 saturated carbocycles. The molecule has 106 valence electrons. The molecular formula is C11H19F3N2O2. The lowest BCUT2D eigenvalue weighted by Crippen LogP contribution is -2.35. The molecule has 0 aliphatic carbocycles. The molecule has 0 aromatic heterocycles. The molecule has 7 heteroatoms. The van der Waals surface area contributed by atoms with Gasteiger partial charge >= 0.3 is 6.18 Å². The van der Waals surface area contributed by atoms with Crippen LogP contribution in [0.25, 0.3) is 0 Å². The van der Waals surface area contributed by atoms with E-state index in [1.165, 1.54) is 0 Å². The van der Waals surface area contributed by atoms with Crippen LogP contribution < -0.4 is 10.6 Å². The molecule has 0 bridgehead atoms. The molecule has 2 N–H and O–H groups in total. The topological polar surface area (TPSA) is 50.4 Å². The number of carbonyl (C=O) groups excluding carboxylic acids is 1. The van der Waals surface area contributed by atoms with E-state index < -0.39 is 12.8 Å². The van der Waals surface area contributed by atoms with Crippen molar-refractivity contribution in [2.75, 3.05) is 32.8 Å². The van der Waals surface area contributed by atoms with Gasteiger partial charge in [0, 0.05) is 13.0 Å². The number of rotatable bonds is 6. The van der Waals surface area contributed by atoms with E-state index in [1.54, 1.807) is 0 Å². The third-order valence-corrected chi connectivity index (χ3v) is 2.71. The summed E-state index contributed by atoms with van der Waals surface area (Å²) in [5, 5.41) is 5.76. The van der Waals surface area contributed by atoms with E-state index in [2.05, 4.69) is 15.4 Å². The largest absolute Gasteiger partial charge is 0.411 e. The Balaban J connectivity index is 1.99. The van der Waals surface area contributed by atoms with E-state index in [9.17, 15) is 18.0 Å². The van der Waals surface area contributed by atoms with Gasteiger partial charge in [-0.3, -0.25) is 4.79 Å². The first-order chi connectivity index (χ1) is 8.47. The highest BCUT2D eigenvalue weighted by atomic mass is 19.4. The van der Waals surface area contributed by atoms with Gasteiger partial charge in [0.1, 0.15) is 6.61 Å². The van der Waals surface area contributed by atoms with Crippen molar-refractivity contribution in [3.05, 3.63) is 0 Å². The molecule has 0 radical (unpaired) electrons. The molecule has 1 rings (SSSR count). The van der Waals surface area contributed by atoms with E-state index >= 15 is 0 Å². The second kappa shape index (κ2) is 7.58. The Morgan fingerprint density at radius 3 is 2.83 bits per heavy atom. The van der Waals surface area contributed by atoms with Crippen molar-refractivity contribution in [2.45, 2.75) is 25.4 Å². The summed E-state index contributed by atoms with van der Waals surface area (Å²) in [6, 6.07) is 0. The number of hydrogen-bond donors (Lipinski definition) is 2. The Morgan fingerprint density at radius 1 is 1.44 bits per heavy atom. The van der Waals surface area contributed by atoms with Gasteiger partial charge in [0.15, 0.2) is 0 Å². The molecule has 1 aliphatic rings. The van der Waals surface area contributed by atoms with Crippen molar-refractivity contribution in [3.8, 4) is 0 Å². The van der Waals surface area contributed by atoms with E-state index in [0.29, 0.717) is 12.3 Å². The zero-order chi connectivity index (χ0) is 13.4. The molecule has 1 amide bonds. The van der Waals surface area contributed by atoms with Crippen molar-refractivity contribution in [3.63, 3.8) is 0 Å². The second-order valence-corrected chi connectivity index (χ2v) is 4.43. The summed E-state index contributed by atoms with van der Waals surface area (Å²) in [7, 11) is 0. The first-order valence-corrected chi connectivity index (χ1v) is 6.09. The lowest BCUT2D eigenvalue weighted by Gasteiger charge is -2.22. The van der Waals surface area contributed by atoms with Crippen LogP contribution in [0.4, 0.5) is 13.2 Å². The Bertz CT molecular complexity index is 253. The van der Waals surface area contributed by atoms with Crippen LogP contribution in [0.1, 0.15) is 19.3 Å². The number of piperidine rings is 1. The average Bonchev–Trinajstić information content (AvgIpc) is 2.28. The maximum atomic E-state index is 11.7. The molecule has 0 spiro atoms. The first kappa shape index (κ1) is 15.2. The van der Waals surface area contributed by atoms with E-state index in [1.807, 2.05) is 0 Å². The SMILES string of the molecule is O=C(CC1CCCNC1)NCCOCC(F)(F)F. The Morgan fingerprint density at radius 2 is 2.22 bits per heavy atom. The molecule has 0 aromatic rings. The fraction of sp³-hybridized carbons (Fsp3) is 0.909. The summed E-state index contributed by atoms with van der Waals surface area (Å²) in [5.41, 5.74) is 0. The average molecular weight is 268 g/mol. The van der Waals surface area contributed by atoms with Crippen molar-refractivity contribution >= 4 is 5.91 Å². The van der Waals surface area contributed by atoms with Gasteiger partial charge < -0.3 is 15.4 Å². The maximum absolute atomic E-state index is 11.7. The minimum Gasteiger partial charge on any atom is -0.370 e. The normalized spacial score (nSPS) is 20.7. The van der Waals surface area contributed by atoms with Crippen LogP contribution in [0.5, 0.6) is 0 Å². The first-order valence-electron chi connectivity index (χ1n) is 6.09. The summed E-state index contributed by atoms with van der Waals surface area (Å²) in [5.74, 6) is 0.203. The molecular weight excluding hydrogens is 249 g/mol. The van der Waals surface area contributed by atoms with Crippen molar-refractivity contribution in [1.29, 1.82) is 0 Å². The zero-order valence-corrected chi connectivity index (χ0v) is 10.2. The van der Waals surface area contributed by atoms with Crippen molar-refractivity contribution < 1.29 is 22.7 Å². The number of alkyl halides is 3. The van der Waals surface area contributed by atoms with Crippen LogP contribution in [0, 0.1) is 5.92 Å². The van der Waals surface area contributed by atoms with Gasteiger partial charge in [-0.25, -0.2) is 0 Å². The molecule has 1 aliphatic heterocycles. The van der Waals surface area contributed by atoms with Gasteiger partial charge in [0.25, 0.3) is 0 Å². The lowest BCUT2D eigenvalue weighted by molar-refractivity contribution is -0.173. The van der Waals surface area contributed by atoms with Crippen LogP contribution in [0.15, 0.2) is 0 Å². The van der Waals surface area contributed by atoms with Gasteiger partial charge in [-0.05, 0) is 31.8 Å². The third kappa shape index (κ3) is 7.50. The third-order valence-electron chi connectivity index (χ3n) is 2.71. The second-order valence-electron chi connectivity index (χ2n) is 4.43. The summed E-state index contributed by atoms with van der Waals surface area (Å²) in [4.78, 5) is 11.5. The number of nitrogens with one attached hydrogen (secondary N) is 2. The van der Waals surface area contributed by atoms with Crippen LogP contribution in [0.3, 0.4) is 0 Å². The van der Waals surface area contributed by atoms with Gasteiger partial charge in [-0.15, -0.1) is 0 Å². The molecule has 18 heavy (non-hydrogen) atoms.